The molecule has 196 valence electrons. The van der Waals surface area contributed by atoms with Crippen LogP contribution in [0.2, 0.25) is 0 Å². The Morgan fingerprint density at radius 1 is 0.816 bits per heavy atom. The largest absolute Gasteiger partial charge is 0.462 e. The van der Waals surface area contributed by atoms with Crippen molar-refractivity contribution in [3.05, 3.63) is 60.2 Å². The number of rotatable bonds is 6. The van der Waals surface area contributed by atoms with Gasteiger partial charge in [0.25, 0.3) is 0 Å². The van der Waals surface area contributed by atoms with Gasteiger partial charge in [-0.1, -0.05) is 62.4 Å². The lowest BCUT2D eigenvalue weighted by molar-refractivity contribution is -0.191. The van der Waals surface area contributed by atoms with Crippen LogP contribution in [0, 0.1) is 35.5 Å². The number of carbonyl (C=O) groups is 2. The molecule has 8 rings (SSSR count). The van der Waals surface area contributed by atoms with Crippen LogP contribution in [0.5, 0.6) is 0 Å². The summed E-state index contributed by atoms with van der Waals surface area (Å²) in [7, 11) is 0. The highest BCUT2D eigenvalue weighted by Crippen LogP contribution is 2.58. The minimum Gasteiger partial charge on any atom is -0.462 e. The molecule has 0 spiro atoms. The van der Waals surface area contributed by atoms with Gasteiger partial charge in [-0.2, -0.15) is 0 Å². The van der Waals surface area contributed by atoms with Crippen molar-refractivity contribution in [2.24, 2.45) is 35.5 Å². The lowest BCUT2D eigenvalue weighted by Crippen LogP contribution is -2.56. The number of benzene rings is 4. The van der Waals surface area contributed by atoms with Gasteiger partial charge in [0.1, 0.15) is 12.2 Å². The first-order valence-electron chi connectivity index (χ1n) is 14.5. The van der Waals surface area contributed by atoms with Gasteiger partial charge >= 0.3 is 11.9 Å². The predicted octanol–water partition coefficient (Wildman–Crippen LogP) is 7.83. The van der Waals surface area contributed by atoms with E-state index in [0.29, 0.717) is 23.7 Å². The monoisotopic (exact) mass is 508 g/mol. The summed E-state index contributed by atoms with van der Waals surface area (Å²) in [5.41, 5.74) is 1.08. The van der Waals surface area contributed by atoms with E-state index in [9.17, 15) is 9.59 Å². The smallest absolute Gasteiger partial charge is 0.310 e. The zero-order valence-electron chi connectivity index (χ0n) is 22.5. The first kappa shape index (κ1) is 23.9. The second kappa shape index (κ2) is 8.97. The van der Waals surface area contributed by atoms with Gasteiger partial charge in [-0.25, -0.2) is 0 Å². The predicted molar refractivity (Wildman–Crippen MR) is 150 cm³/mol. The van der Waals surface area contributed by atoms with Gasteiger partial charge < -0.3 is 9.47 Å². The van der Waals surface area contributed by atoms with Crippen LogP contribution in [0.25, 0.3) is 32.3 Å². The fourth-order valence-electron chi connectivity index (χ4n) is 8.27. The van der Waals surface area contributed by atoms with Gasteiger partial charge in [0.2, 0.25) is 0 Å². The lowest BCUT2D eigenvalue weighted by atomic mass is 9.50. The molecular weight excluding hydrogens is 472 g/mol. The van der Waals surface area contributed by atoms with Gasteiger partial charge in [-0.3, -0.25) is 9.59 Å². The van der Waals surface area contributed by atoms with Crippen molar-refractivity contribution in [3.8, 4) is 0 Å². The maximum Gasteiger partial charge on any atom is 0.310 e. The van der Waals surface area contributed by atoms with Crippen LogP contribution in [-0.4, -0.2) is 18.0 Å². The van der Waals surface area contributed by atoms with Crippen LogP contribution in [0.3, 0.4) is 0 Å². The summed E-state index contributed by atoms with van der Waals surface area (Å²) in [5.74, 6) is 1.29. The molecule has 0 amide bonds. The molecule has 4 aromatic carbocycles. The molecule has 0 aliphatic heterocycles. The van der Waals surface area contributed by atoms with E-state index in [0.717, 1.165) is 37.7 Å². The van der Waals surface area contributed by atoms with E-state index in [2.05, 4.69) is 54.6 Å². The Balaban J connectivity index is 1.12. The second-order valence-electron chi connectivity index (χ2n) is 12.3. The third-order valence-electron chi connectivity index (χ3n) is 10.2. The Labute approximate surface area is 224 Å². The summed E-state index contributed by atoms with van der Waals surface area (Å²) in [6, 6.07) is 19.5. The summed E-state index contributed by atoms with van der Waals surface area (Å²) >= 11 is 0. The van der Waals surface area contributed by atoms with Crippen molar-refractivity contribution in [2.45, 2.75) is 65.1 Å². The Bertz CT molecular complexity index is 1510. The van der Waals surface area contributed by atoms with Crippen LogP contribution < -0.4 is 0 Å². The standard InChI is InChI=1S/C34H36O4/c1-4-18(2)33(35)38-32-25-13-23-14-26(32)16-24(15-25)30(23)34(36)37-19(3)28-17-22-9-5-7-20-11-12-21-8-6-10-27(28)31(21)29(20)22/h5-12,17-19,23-26,30,32H,4,13-16H2,1-3H3. The zero-order valence-corrected chi connectivity index (χ0v) is 22.5. The highest BCUT2D eigenvalue weighted by Gasteiger charge is 2.57. The van der Waals surface area contributed by atoms with Gasteiger partial charge in [0.15, 0.2) is 0 Å². The highest BCUT2D eigenvalue weighted by molar-refractivity contribution is 6.23. The fourth-order valence-corrected chi connectivity index (χ4v) is 8.27. The van der Waals surface area contributed by atoms with Crippen LogP contribution in [-0.2, 0) is 19.1 Å². The molecule has 4 fully saturated rings. The summed E-state index contributed by atoms with van der Waals surface area (Å²) in [5, 5.41) is 7.36. The maximum atomic E-state index is 13.7. The third-order valence-corrected chi connectivity index (χ3v) is 10.2. The summed E-state index contributed by atoms with van der Waals surface area (Å²) in [4.78, 5) is 26.2. The number of esters is 2. The molecule has 0 radical (unpaired) electrons. The molecule has 4 nitrogen and oxygen atoms in total. The summed E-state index contributed by atoms with van der Waals surface area (Å²) in [6.07, 6.45) is 4.40. The quantitative estimate of drug-likeness (QED) is 0.197. The van der Waals surface area contributed by atoms with Crippen LogP contribution in [0.4, 0.5) is 0 Å². The Hall–Kier alpha value is -3.14. The molecule has 0 aromatic heterocycles. The maximum absolute atomic E-state index is 13.7. The average molecular weight is 509 g/mol. The summed E-state index contributed by atoms with van der Waals surface area (Å²) in [6.45, 7) is 6.01. The minimum atomic E-state index is -0.321. The molecular formula is C34H36O4. The molecule has 4 aromatic rings. The van der Waals surface area contributed by atoms with Crippen LogP contribution in [0.15, 0.2) is 54.6 Å². The highest BCUT2D eigenvalue weighted by atomic mass is 16.5. The Morgan fingerprint density at radius 2 is 1.42 bits per heavy atom. The van der Waals surface area contributed by atoms with Gasteiger partial charge in [0.05, 0.1) is 11.8 Å². The molecule has 4 heteroatoms. The molecule has 4 aliphatic rings. The lowest BCUT2D eigenvalue weighted by Gasteiger charge is -2.56. The topological polar surface area (TPSA) is 52.6 Å². The Morgan fingerprint density at radius 3 is 2.08 bits per heavy atom. The molecule has 2 atom stereocenters. The summed E-state index contributed by atoms with van der Waals surface area (Å²) < 4.78 is 12.3. The van der Waals surface area contributed by atoms with Crippen molar-refractivity contribution in [1.82, 2.24) is 0 Å². The van der Waals surface area contributed by atoms with E-state index in [1.54, 1.807) is 0 Å². The van der Waals surface area contributed by atoms with Crippen molar-refractivity contribution in [3.63, 3.8) is 0 Å². The molecule has 0 saturated heterocycles. The zero-order chi connectivity index (χ0) is 26.1. The van der Waals surface area contributed by atoms with Crippen molar-refractivity contribution >= 4 is 44.3 Å². The molecule has 4 bridgehead atoms. The molecule has 0 N–H and O–H groups in total. The first-order chi connectivity index (χ1) is 18.4. The van der Waals surface area contributed by atoms with E-state index in [1.807, 2.05) is 20.8 Å². The molecule has 0 heterocycles. The second-order valence-corrected chi connectivity index (χ2v) is 12.3. The molecule has 4 aliphatic carbocycles. The fraction of sp³-hybridized carbons (Fsp3) is 0.471. The molecule has 38 heavy (non-hydrogen) atoms. The van der Waals surface area contributed by atoms with Gasteiger partial charge in [-0.15, -0.1) is 0 Å². The van der Waals surface area contributed by atoms with Crippen molar-refractivity contribution < 1.29 is 19.1 Å². The Kier molecular flexibility index (Phi) is 5.65. The van der Waals surface area contributed by atoms with E-state index < -0.39 is 0 Å². The molecule has 2 unspecified atom stereocenters. The van der Waals surface area contributed by atoms with Gasteiger partial charge in [0, 0.05) is 5.56 Å². The van der Waals surface area contributed by atoms with E-state index in [4.69, 9.17) is 9.47 Å². The van der Waals surface area contributed by atoms with Crippen LogP contribution >= 0.6 is 0 Å². The molecule has 4 saturated carbocycles. The SMILES string of the molecule is CCC(C)C(=O)OC1C2CC3CC1CC(C2)C3C(=O)OC(C)c1cc2cccc3ccc4cccc1c4c32. The number of carbonyl (C=O) groups excluding carboxylic acids is 2. The number of hydrogen-bond donors (Lipinski definition) is 0. The van der Waals surface area contributed by atoms with E-state index >= 15 is 0 Å². The van der Waals surface area contributed by atoms with Crippen molar-refractivity contribution in [2.75, 3.05) is 0 Å². The normalized spacial score (nSPS) is 29.7. The van der Waals surface area contributed by atoms with Gasteiger partial charge in [-0.05, 0) is 101 Å². The number of hydrogen-bond acceptors (Lipinski definition) is 4. The minimum absolute atomic E-state index is 0.0353. The van der Waals surface area contributed by atoms with Crippen LogP contribution in [0.1, 0.15) is 64.5 Å². The van der Waals surface area contributed by atoms with Crippen molar-refractivity contribution in [1.29, 1.82) is 0 Å². The van der Waals surface area contributed by atoms with E-state index in [-0.39, 0.29) is 36.0 Å². The average Bonchev–Trinajstić information content (AvgIpc) is 2.92. The van der Waals surface area contributed by atoms with E-state index in [1.165, 1.54) is 32.3 Å². The third kappa shape index (κ3) is 3.63. The number of ether oxygens (including phenoxy) is 2. The first-order valence-corrected chi connectivity index (χ1v) is 14.5.